The minimum atomic E-state index is -0.613. The van der Waals surface area contributed by atoms with Crippen LogP contribution in [0.15, 0.2) is 18.3 Å². The molecule has 1 fully saturated rings. The van der Waals surface area contributed by atoms with Crippen LogP contribution in [0, 0.1) is 0 Å². The number of nitrogens with zero attached hydrogens (tertiary/aromatic N) is 1. The Morgan fingerprint density at radius 1 is 1.53 bits per heavy atom. The number of ether oxygens (including phenoxy) is 1. The maximum absolute atomic E-state index is 9.55. The van der Waals surface area contributed by atoms with Gasteiger partial charge in [0.25, 0.3) is 0 Å². The van der Waals surface area contributed by atoms with Gasteiger partial charge in [0, 0.05) is 12.6 Å². The molecule has 1 aromatic heterocycles. The monoisotopic (exact) mass is 210 g/mol. The fourth-order valence-corrected chi connectivity index (χ4v) is 1.71. The highest BCUT2D eigenvalue weighted by Crippen LogP contribution is 2.32. The number of nitrogen functional groups attached to an aromatic ring is 1. The van der Waals surface area contributed by atoms with Crippen LogP contribution in [0.3, 0.4) is 0 Å². The molecule has 5 nitrogen and oxygen atoms in total. The molecule has 1 aliphatic rings. The van der Waals surface area contributed by atoms with E-state index in [9.17, 15) is 5.11 Å². The van der Waals surface area contributed by atoms with Crippen LogP contribution in [0.1, 0.15) is 18.1 Å². The van der Waals surface area contributed by atoms with Crippen LogP contribution >= 0.6 is 0 Å². The number of aliphatic hydroxyl groups excluding tert-OH is 2. The van der Waals surface area contributed by atoms with Crippen molar-refractivity contribution in [1.29, 1.82) is 0 Å². The van der Waals surface area contributed by atoms with Gasteiger partial charge in [-0.2, -0.15) is 0 Å². The normalized spacial score (nSPS) is 30.7. The zero-order valence-corrected chi connectivity index (χ0v) is 8.21. The summed E-state index contributed by atoms with van der Waals surface area (Å²) in [7, 11) is 0. The van der Waals surface area contributed by atoms with Crippen molar-refractivity contribution in [2.75, 3.05) is 12.3 Å². The molecule has 1 aliphatic heterocycles. The summed E-state index contributed by atoms with van der Waals surface area (Å²) in [6.45, 7) is -0.167. The van der Waals surface area contributed by atoms with Crippen LogP contribution in [0.25, 0.3) is 0 Å². The zero-order chi connectivity index (χ0) is 10.8. The number of rotatable bonds is 2. The molecule has 0 unspecified atom stereocenters. The number of pyridine rings is 1. The van der Waals surface area contributed by atoms with E-state index in [1.165, 1.54) is 0 Å². The average molecular weight is 210 g/mol. The van der Waals surface area contributed by atoms with Crippen molar-refractivity contribution >= 4 is 5.82 Å². The van der Waals surface area contributed by atoms with Crippen molar-refractivity contribution in [2.24, 2.45) is 0 Å². The zero-order valence-electron chi connectivity index (χ0n) is 8.21. The maximum atomic E-state index is 9.55. The Labute approximate surface area is 87.5 Å². The molecule has 2 heterocycles. The lowest BCUT2D eigenvalue weighted by molar-refractivity contribution is -0.0226. The maximum Gasteiger partial charge on any atom is 0.123 e. The Bertz CT molecular complexity index is 328. The van der Waals surface area contributed by atoms with Gasteiger partial charge in [-0.1, -0.05) is 6.07 Å². The van der Waals surface area contributed by atoms with Gasteiger partial charge in [-0.3, -0.25) is 0 Å². The summed E-state index contributed by atoms with van der Waals surface area (Å²) >= 11 is 0. The van der Waals surface area contributed by atoms with E-state index in [0.717, 1.165) is 5.56 Å². The van der Waals surface area contributed by atoms with Crippen molar-refractivity contribution in [3.63, 3.8) is 0 Å². The number of anilines is 1. The average Bonchev–Trinajstić information content (AvgIpc) is 2.61. The van der Waals surface area contributed by atoms with Crippen LogP contribution in [-0.4, -0.2) is 34.0 Å². The van der Waals surface area contributed by atoms with Gasteiger partial charge in [0.1, 0.15) is 11.9 Å². The van der Waals surface area contributed by atoms with Crippen LogP contribution in [-0.2, 0) is 4.74 Å². The van der Waals surface area contributed by atoms with Crippen molar-refractivity contribution in [3.05, 3.63) is 23.9 Å². The summed E-state index contributed by atoms with van der Waals surface area (Å²) in [6, 6.07) is 3.51. The molecule has 0 aromatic carbocycles. The van der Waals surface area contributed by atoms with E-state index < -0.39 is 12.2 Å². The molecule has 4 N–H and O–H groups in total. The first kappa shape index (κ1) is 10.4. The second-order valence-electron chi connectivity index (χ2n) is 3.67. The number of hydrogen-bond acceptors (Lipinski definition) is 5. The number of hydrogen-bond donors (Lipinski definition) is 3. The van der Waals surface area contributed by atoms with E-state index in [1.54, 1.807) is 12.3 Å². The van der Waals surface area contributed by atoms with E-state index in [-0.39, 0.29) is 12.7 Å². The van der Waals surface area contributed by atoms with E-state index in [1.807, 2.05) is 6.07 Å². The highest BCUT2D eigenvalue weighted by Gasteiger charge is 2.34. The Hall–Kier alpha value is -1.17. The first-order valence-corrected chi connectivity index (χ1v) is 4.86. The predicted octanol–water partition coefficient (Wildman–Crippen LogP) is -0.153. The number of nitrogens with two attached hydrogens (primary N) is 1. The molecular formula is C10H14N2O3. The smallest absolute Gasteiger partial charge is 0.123 e. The Morgan fingerprint density at radius 2 is 2.33 bits per heavy atom. The molecule has 0 radical (unpaired) electrons. The van der Waals surface area contributed by atoms with Gasteiger partial charge < -0.3 is 20.7 Å². The fraction of sp³-hybridized carbons (Fsp3) is 0.500. The van der Waals surface area contributed by atoms with Gasteiger partial charge in [-0.15, -0.1) is 0 Å². The van der Waals surface area contributed by atoms with E-state index >= 15 is 0 Å². The number of aromatic nitrogens is 1. The van der Waals surface area contributed by atoms with Crippen molar-refractivity contribution < 1.29 is 14.9 Å². The summed E-state index contributed by atoms with van der Waals surface area (Å²) in [5, 5.41) is 18.5. The van der Waals surface area contributed by atoms with Gasteiger partial charge in [-0.25, -0.2) is 4.98 Å². The van der Waals surface area contributed by atoms with Crippen molar-refractivity contribution in [1.82, 2.24) is 4.98 Å². The lowest BCUT2D eigenvalue weighted by Gasteiger charge is -2.11. The van der Waals surface area contributed by atoms with Crippen LogP contribution < -0.4 is 5.73 Å². The fourth-order valence-electron chi connectivity index (χ4n) is 1.71. The minimum absolute atomic E-state index is 0.167. The van der Waals surface area contributed by atoms with Gasteiger partial charge >= 0.3 is 0 Å². The quantitative estimate of drug-likeness (QED) is 0.631. The highest BCUT2D eigenvalue weighted by atomic mass is 16.5. The largest absolute Gasteiger partial charge is 0.394 e. The Balaban J connectivity index is 2.10. The Kier molecular flexibility index (Phi) is 2.86. The molecule has 0 saturated carbocycles. The van der Waals surface area contributed by atoms with Crippen molar-refractivity contribution in [2.45, 2.75) is 24.7 Å². The van der Waals surface area contributed by atoms with Crippen molar-refractivity contribution in [3.8, 4) is 0 Å². The summed E-state index contributed by atoms with van der Waals surface area (Å²) in [6.07, 6.45) is 0.805. The minimum Gasteiger partial charge on any atom is -0.394 e. The summed E-state index contributed by atoms with van der Waals surface area (Å²) in [5.74, 6) is 0.455. The third-order valence-electron chi connectivity index (χ3n) is 2.58. The van der Waals surface area contributed by atoms with E-state index in [0.29, 0.717) is 12.2 Å². The molecule has 0 spiro atoms. The summed E-state index contributed by atoms with van der Waals surface area (Å²) in [5.41, 5.74) is 6.34. The highest BCUT2D eigenvalue weighted by molar-refractivity contribution is 5.30. The molecule has 0 aliphatic carbocycles. The van der Waals surface area contributed by atoms with E-state index in [2.05, 4.69) is 4.98 Å². The molecule has 3 atom stereocenters. The first-order valence-electron chi connectivity index (χ1n) is 4.86. The van der Waals surface area contributed by atoms with E-state index in [4.69, 9.17) is 15.6 Å². The molecular weight excluding hydrogens is 196 g/mol. The van der Waals surface area contributed by atoms with Gasteiger partial charge in [0.15, 0.2) is 0 Å². The van der Waals surface area contributed by atoms with Crippen LogP contribution in [0.4, 0.5) is 5.82 Å². The molecule has 0 bridgehead atoms. The lowest BCUT2D eigenvalue weighted by Crippen LogP contribution is -2.24. The first-order chi connectivity index (χ1) is 7.20. The second-order valence-corrected chi connectivity index (χ2v) is 3.67. The summed E-state index contributed by atoms with van der Waals surface area (Å²) < 4.78 is 5.47. The number of aliphatic hydroxyl groups is 2. The van der Waals surface area contributed by atoms with Crippen LogP contribution in [0.5, 0.6) is 0 Å². The second kappa shape index (κ2) is 4.14. The topological polar surface area (TPSA) is 88.6 Å². The molecule has 15 heavy (non-hydrogen) atoms. The van der Waals surface area contributed by atoms with Crippen LogP contribution in [0.2, 0.25) is 0 Å². The SMILES string of the molecule is Nc1ccc([C@@H]2C[C@H](O)[C@@H](CO)O2)cn1. The van der Waals surface area contributed by atoms with Gasteiger partial charge in [0.2, 0.25) is 0 Å². The summed E-state index contributed by atoms with van der Waals surface area (Å²) in [4.78, 5) is 3.95. The third-order valence-corrected chi connectivity index (χ3v) is 2.58. The standard InChI is InChI=1S/C10H14N2O3/c11-10-2-1-6(4-12-10)8-3-7(14)9(5-13)15-8/h1-2,4,7-9,13-14H,3,5H2,(H2,11,12)/t7-,8-,9+/m0/s1. The predicted molar refractivity (Wildman–Crippen MR) is 54.0 cm³/mol. The lowest BCUT2D eigenvalue weighted by atomic mass is 10.1. The van der Waals surface area contributed by atoms with Gasteiger partial charge in [0.05, 0.1) is 18.8 Å². The molecule has 2 rings (SSSR count). The van der Waals surface area contributed by atoms with Gasteiger partial charge in [-0.05, 0) is 11.6 Å². The molecule has 5 heteroatoms. The third kappa shape index (κ3) is 2.09. The Morgan fingerprint density at radius 3 is 2.87 bits per heavy atom. The molecule has 0 amide bonds. The molecule has 1 saturated heterocycles. The molecule has 1 aromatic rings. The molecule has 82 valence electrons.